The van der Waals surface area contributed by atoms with Crippen LogP contribution in [0.4, 0.5) is 4.39 Å². The molecule has 0 aliphatic carbocycles. The number of nitrogens with zero attached hydrogens (tertiary/aromatic N) is 2. The van der Waals surface area contributed by atoms with Crippen molar-refractivity contribution in [1.82, 2.24) is 10.4 Å². The Morgan fingerprint density at radius 1 is 1.21 bits per heavy atom. The molecule has 0 bridgehead atoms. The number of halogens is 1. The number of pyridine rings is 1. The minimum atomic E-state index is -0.375. The van der Waals surface area contributed by atoms with E-state index in [1.165, 1.54) is 18.5 Å². The second-order valence-corrected chi connectivity index (χ2v) is 5.07. The van der Waals surface area contributed by atoms with E-state index in [2.05, 4.69) is 15.5 Å². The highest BCUT2D eigenvalue weighted by molar-refractivity contribution is 5.94. The van der Waals surface area contributed by atoms with Gasteiger partial charge in [0.25, 0.3) is 5.91 Å². The van der Waals surface area contributed by atoms with Crippen molar-refractivity contribution in [1.29, 1.82) is 0 Å². The smallest absolute Gasteiger partial charge is 0.272 e. The van der Waals surface area contributed by atoms with E-state index in [1.54, 1.807) is 42.5 Å². The van der Waals surface area contributed by atoms with E-state index in [9.17, 15) is 9.18 Å². The molecule has 0 aliphatic heterocycles. The molecule has 0 spiro atoms. The number of hydrazone groups is 1. The lowest BCUT2D eigenvalue weighted by Crippen LogP contribution is -2.17. The minimum Gasteiger partial charge on any atom is -0.455 e. The first-order valence-electron chi connectivity index (χ1n) is 7.24. The lowest BCUT2D eigenvalue weighted by molar-refractivity contribution is 0.0954. The standard InChI is InChI=1S/C18H14FN3O2/c1-12-6-7-13(10-20-12)18(23)22-21-11-14-8-9-17(24-14)15-4-2-3-5-16(15)19/h2-11H,1H3,(H,22,23)/b21-11+. The van der Waals surface area contributed by atoms with E-state index >= 15 is 0 Å². The average Bonchev–Trinajstić information content (AvgIpc) is 3.04. The van der Waals surface area contributed by atoms with Crippen molar-refractivity contribution in [3.05, 3.63) is 77.6 Å². The van der Waals surface area contributed by atoms with Crippen molar-refractivity contribution in [3.8, 4) is 11.3 Å². The third kappa shape index (κ3) is 3.55. The molecule has 0 saturated carbocycles. The summed E-state index contributed by atoms with van der Waals surface area (Å²) in [6.45, 7) is 1.84. The molecule has 1 N–H and O–H groups in total. The molecule has 0 atom stereocenters. The zero-order chi connectivity index (χ0) is 16.9. The summed E-state index contributed by atoms with van der Waals surface area (Å²) in [5.74, 6) is 0.0503. The summed E-state index contributed by atoms with van der Waals surface area (Å²) >= 11 is 0. The molecule has 0 radical (unpaired) electrons. The fraction of sp³-hybridized carbons (Fsp3) is 0.0556. The van der Waals surface area contributed by atoms with Crippen LogP contribution in [0.15, 0.2) is 64.2 Å². The molecule has 6 heteroatoms. The average molecular weight is 323 g/mol. The quantitative estimate of drug-likeness (QED) is 0.590. The first kappa shape index (κ1) is 15.6. The third-order valence-electron chi connectivity index (χ3n) is 3.30. The molecule has 24 heavy (non-hydrogen) atoms. The molecular weight excluding hydrogens is 309 g/mol. The summed E-state index contributed by atoms with van der Waals surface area (Å²) in [4.78, 5) is 15.9. The number of hydrogen-bond acceptors (Lipinski definition) is 4. The second kappa shape index (κ2) is 6.87. The van der Waals surface area contributed by atoms with Crippen LogP contribution in [0, 0.1) is 12.7 Å². The summed E-state index contributed by atoms with van der Waals surface area (Å²) in [6, 6.07) is 13.0. The SMILES string of the molecule is Cc1ccc(C(=O)N/N=C/c2ccc(-c3ccccc3F)o2)cn1. The summed E-state index contributed by atoms with van der Waals surface area (Å²) in [7, 11) is 0. The fourth-order valence-electron chi connectivity index (χ4n) is 2.05. The van der Waals surface area contributed by atoms with E-state index in [0.717, 1.165) is 5.69 Å². The Hall–Kier alpha value is -3.28. The van der Waals surface area contributed by atoms with E-state index < -0.39 is 0 Å². The van der Waals surface area contributed by atoms with Crippen LogP contribution in [-0.2, 0) is 0 Å². The Morgan fingerprint density at radius 2 is 2.04 bits per heavy atom. The van der Waals surface area contributed by atoms with Crippen LogP contribution < -0.4 is 5.43 Å². The number of amides is 1. The number of carbonyl (C=O) groups is 1. The monoisotopic (exact) mass is 323 g/mol. The molecule has 0 aliphatic rings. The van der Waals surface area contributed by atoms with Crippen molar-refractivity contribution >= 4 is 12.1 Å². The lowest BCUT2D eigenvalue weighted by atomic mass is 10.1. The predicted octanol–water partition coefficient (Wildman–Crippen LogP) is 3.55. The van der Waals surface area contributed by atoms with Crippen molar-refractivity contribution in [3.63, 3.8) is 0 Å². The van der Waals surface area contributed by atoms with Gasteiger partial charge in [0.15, 0.2) is 0 Å². The molecular formula is C18H14FN3O2. The van der Waals surface area contributed by atoms with Crippen molar-refractivity contribution < 1.29 is 13.6 Å². The first-order chi connectivity index (χ1) is 11.6. The van der Waals surface area contributed by atoms with Crippen LogP contribution >= 0.6 is 0 Å². The van der Waals surface area contributed by atoms with E-state index in [-0.39, 0.29) is 11.7 Å². The molecule has 1 aromatic carbocycles. The number of benzene rings is 1. The molecule has 2 aromatic heterocycles. The summed E-state index contributed by atoms with van der Waals surface area (Å²) < 4.78 is 19.2. The number of rotatable bonds is 4. The maximum absolute atomic E-state index is 13.7. The molecule has 3 aromatic rings. The van der Waals surface area contributed by atoms with Gasteiger partial charge in [-0.3, -0.25) is 9.78 Å². The van der Waals surface area contributed by atoms with Crippen LogP contribution in [0.2, 0.25) is 0 Å². The molecule has 120 valence electrons. The lowest BCUT2D eigenvalue weighted by Gasteiger charge is -1.99. The topological polar surface area (TPSA) is 67.5 Å². The largest absolute Gasteiger partial charge is 0.455 e. The Balaban J connectivity index is 1.66. The number of aryl methyl sites for hydroxylation is 1. The number of furan rings is 1. The van der Waals surface area contributed by atoms with Gasteiger partial charge < -0.3 is 4.42 Å². The van der Waals surface area contributed by atoms with Gasteiger partial charge in [-0.1, -0.05) is 12.1 Å². The maximum atomic E-state index is 13.7. The van der Waals surface area contributed by atoms with Crippen LogP contribution in [0.3, 0.4) is 0 Å². The van der Waals surface area contributed by atoms with Crippen molar-refractivity contribution in [2.75, 3.05) is 0 Å². The number of hydrogen-bond donors (Lipinski definition) is 1. The Morgan fingerprint density at radius 3 is 2.79 bits per heavy atom. The Kier molecular flexibility index (Phi) is 4.47. The van der Waals surface area contributed by atoms with Gasteiger partial charge in [0.05, 0.1) is 17.3 Å². The minimum absolute atomic E-state index is 0.365. The fourth-order valence-corrected chi connectivity index (χ4v) is 2.05. The van der Waals surface area contributed by atoms with Gasteiger partial charge in [-0.05, 0) is 43.3 Å². The first-order valence-corrected chi connectivity index (χ1v) is 7.24. The highest BCUT2D eigenvalue weighted by Crippen LogP contribution is 2.24. The zero-order valence-corrected chi connectivity index (χ0v) is 12.9. The van der Waals surface area contributed by atoms with Crippen LogP contribution in [0.25, 0.3) is 11.3 Å². The van der Waals surface area contributed by atoms with Crippen LogP contribution in [0.5, 0.6) is 0 Å². The maximum Gasteiger partial charge on any atom is 0.272 e. The molecule has 2 heterocycles. The summed E-state index contributed by atoms with van der Waals surface area (Å²) in [6.07, 6.45) is 2.83. The highest BCUT2D eigenvalue weighted by atomic mass is 19.1. The molecule has 0 saturated heterocycles. The molecule has 0 fully saturated rings. The Bertz CT molecular complexity index is 885. The molecule has 1 amide bonds. The highest BCUT2D eigenvalue weighted by Gasteiger charge is 2.08. The van der Waals surface area contributed by atoms with E-state index in [4.69, 9.17) is 4.42 Å². The molecule has 5 nitrogen and oxygen atoms in total. The summed E-state index contributed by atoms with van der Waals surface area (Å²) in [5, 5.41) is 3.83. The number of carbonyl (C=O) groups excluding carboxylic acids is 1. The van der Waals surface area contributed by atoms with E-state index in [0.29, 0.717) is 22.6 Å². The van der Waals surface area contributed by atoms with Crippen molar-refractivity contribution in [2.24, 2.45) is 5.10 Å². The van der Waals surface area contributed by atoms with Gasteiger partial charge in [-0.25, -0.2) is 9.82 Å². The van der Waals surface area contributed by atoms with Crippen LogP contribution in [0.1, 0.15) is 21.8 Å². The molecule has 3 rings (SSSR count). The van der Waals surface area contributed by atoms with Gasteiger partial charge in [0, 0.05) is 11.9 Å². The van der Waals surface area contributed by atoms with Crippen LogP contribution in [-0.4, -0.2) is 17.1 Å². The zero-order valence-electron chi connectivity index (χ0n) is 12.9. The second-order valence-electron chi connectivity index (χ2n) is 5.07. The van der Waals surface area contributed by atoms with Gasteiger partial charge in [-0.2, -0.15) is 5.10 Å². The Labute approximate surface area is 137 Å². The van der Waals surface area contributed by atoms with Gasteiger partial charge in [0.1, 0.15) is 17.3 Å². The van der Waals surface area contributed by atoms with Gasteiger partial charge in [-0.15, -0.1) is 0 Å². The normalized spacial score (nSPS) is 10.9. The van der Waals surface area contributed by atoms with Gasteiger partial charge >= 0.3 is 0 Å². The molecule has 0 unspecified atom stereocenters. The number of nitrogens with one attached hydrogen (secondary N) is 1. The van der Waals surface area contributed by atoms with Crippen molar-refractivity contribution in [2.45, 2.75) is 6.92 Å². The predicted molar refractivity (Wildman–Crippen MR) is 88.1 cm³/mol. The van der Waals surface area contributed by atoms with Gasteiger partial charge in [0.2, 0.25) is 0 Å². The van der Waals surface area contributed by atoms with E-state index in [1.807, 2.05) is 6.92 Å². The summed E-state index contributed by atoms with van der Waals surface area (Å²) in [5.41, 5.74) is 3.98. The number of aromatic nitrogens is 1. The third-order valence-corrected chi connectivity index (χ3v) is 3.30.